The zero-order valence-corrected chi connectivity index (χ0v) is 19.7. The summed E-state index contributed by atoms with van der Waals surface area (Å²) in [7, 11) is 0. The minimum atomic E-state index is -0.679. The summed E-state index contributed by atoms with van der Waals surface area (Å²) in [5.41, 5.74) is 2.55. The summed E-state index contributed by atoms with van der Waals surface area (Å²) in [6, 6.07) is 8.42. The molecule has 1 aromatic heterocycles. The number of carbonyl (C=O) groups excluding carboxylic acids is 2. The molecule has 1 unspecified atom stereocenters. The normalized spacial score (nSPS) is 20.7. The number of amides is 3. The molecule has 1 saturated heterocycles. The van der Waals surface area contributed by atoms with Crippen LogP contribution in [0.4, 0.5) is 16.2 Å². The number of aliphatic imine (C=N–C) groups is 1. The van der Waals surface area contributed by atoms with E-state index in [2.05, 4.69) is 9.89 Å². The first kappa shape index (κ1) is 21.9. The van der Waals surface area contributed by atoms with Crippen molar-refractivity contribution in [3.63, 3.8) is 0 Å². The Morgan fingerprint density at radius 2 is 1.82 bits per heavy atom. The second-order valence-electron chi connectivity index (χ2n) is 9.57. The van der Waals surface area contributed by atoms with E-state index in [1.165, 1.54) is 4.90 Å². The van der Waals surface area contributed by atoms with Crippen LogP contribution in [0.5, 0.6) is 0 Å². The van der Waals surface area contributed by atoms with Crippen molar-refractivity contribution in [2.45, 2.75) is 33.4 Å². The van der Waals surface area contributed by atoms with E-state index in [1.807, 2.05) is 39.0 Å². The van der Waals surface area contributed by atoms with Crippen molar-refractivity contribution in [3.05, 3.63) is 52.8 Å². The summed E-state index contributed by atoms with van der Waals surface area (Å²) < 4.78 is 5.47. The molecule has 0 bridgehead atoms. The summed E-state index contributed by atoms with van der Waals surface area (Å²) in [6.07, 6.45) is 1.79. The smallest absolute Gasteiger partial charge is 0.331 e. The second-order valence-corrected chi connectivity index (χ2v) is 10.0. The van der Waals surface area contributed by atoms with Crippen molar-refractivity contribution in [1.29, 1.82) is 0 Å². The first-order valence-corrected chi connectivity index (χ1v) is 11.4. The van der Waals surface area contributed by atoms with E-state index in [0.717, 1.165) is 24.3 Å². The first-order chi connectivity index (χ1) is 15.7. The van der Waals surface area contributed by atoms with Gasteiger partial charge in [-0.1, -0.05) is 44.5 Å². The molecule has 0 aliphatic carbocycles. The molecule has 1 atom stereocenters. The zero-order chi connectivity index (χ0) is 23.3. The summed E-state index contributed by atoms with van der Waals surface area (Å²) in [5, 5.41) is 0.632. The Kier molecular flexibility index (Phi) is 5.37. The molecule has 0 saturated carbocycles. The summed E-state index contributed by atoms with van der Waals surface area (Å²) >= 11 is 6.06. The molecule has 1 fully saturated rings. The highest BCUT2D eigenvalue weighted by Crippen LogP contribution is 2.39. The lowest BCUT2D eigenvalue weighted by atomic mass is 9.85. The minimum Gasteiger partial charge on any atom is -0.378 e. The number of hydrogen-bond acceptors (Lipinski definition) is 5. The highest BCUT2D eigenvalue weighted by Gasteiger charge is 2.51. The van der Waals surface area contributed by atoms with Crippen LogP contribution in [0, 0.1) is 5.41 Å². The maximum atomic E-state index is 13.9. The van der Waals surface area contributed by atoms with Gasteiger partial charge >= 0.3 is 6.03 Å². The number of anilines is 2. The molecule has 3 aliphatic rings. The largest absolute Gasteiger partial charge is 0.378 e. The number of hydrogen-bond donors (Lipinski definition) is 0. The fourth-order valence-electron chi connectivity index (χ4n) is 4.55. The van der Waals surface area contributed by atoms with Gasteiger partial charge < -0.3 is 9.64 Å². The van der Waals surface area contributed by atoms with Crippen LogP contribution in [-0.2, 0) is 16.1 Å². The highest BCUT2D eigenvalue weighted by molar-refractivity contribution is 6.30. The number of pyridine rings is 1. The fourth-order valence-corrected chi connectivity index (χ4v) is 4.68. The highest BCUT2D eigenvalue weighted by atomic mass is 35.5. The Morgan fingerprint density at radius 1 is 1.12 bits per heavy atom. The Morgan fingerprint density at radius 3 is 2.48 bits per heavy atom. The van der Waals surface area contributed by atoms with E-state index in [9.17, 15) is 9.59 Å². The van der Waals surface area contributed by atoms with E-state index >= 15 is 0 Å². The van der Waals surface area contributed by atoms with Crippen LogP contribution in [0.15, 0.2) is 41.5 Å². The molecule has 5 rings (SSSR count). The van der Waals surface area contributed by atoms with Crippen molar-refractivity contribution < 1.29 is 14.3 Å². The predicted octanol–water partition coefficient (Wildman–Crippen LogP) is 3.72. The first-order valence-electron chi connectivity index (χ1n) is 11.0. The van der Waals surface area contributed by atoms with Gasteiger partial charge in [-0.15, -0.1) is 0 Å². The Labute approximate surface area is 197 Å². The van der Waals surface area contributed by atoms with E-state index < -0.39 is 11.5 Å². The molecule has 0 N–H and O–H groups in total. The zero-order valence-electron chi connectivity index (χ0n) is 18.9. The van der Waals surface area contributed by atoms with Crippen LogP contribution in [0.2, 0.25) is 5.02 Å². The van der Waals surface area contributed by atoms with Crippen LogP contribution < -0.4 is 9.80 Å². The van der Waals surface area contributed by atoms with Gasteiger partial charge in [-0.2, -0.15) is 4.99 Å². The lowest BCUT2D eigenvalue weighted by Crippen LogP contribution is -2.57. The molecule has 9 heteroatoms. The average Bonchev–Trinajstić information content (AvgIpc) is 3.16. The Balaban J connectivity index is 1.61. The van der Waals surface area contributed by atoms with Gasteiger partial charge in [-0.3, -0.25) is 14.6 Å². The Hall–Kier alpha value is -2.97. The third-order valence-corrected chi connectivity index (χ3v) is 6.43. The summed E-state index contributed by atoms with van der Waals surface area (Å²) in [4.78, 5) is 41.1. The molecular weight excluding hydrogens is 442 g/mol. The number of aromatic nitrogens is 1. The van der Waals surface area contributed by atoms with E-state index in [0.29, 0.717) is 42.0 Å². The van der Waals surface area contributed by atoms with Gasteiger partial charge in [0.2, 0.25) is 0 Å². The molecule has 2 aromatic rings. The number of urea groups is 1. The fraction of sp³-hybridized carbons (Fsp3) is 0.417. The van der Waals surface area contributed by atoms with E-state index in [-0.39, 0.29) is 11.9 Å². The van der Waals surface area contributed by atoms with Gasteiger partial charge in [0, 0.05) is 18.1 Å². The number of fused-ring (bicyclic) bond motifs is 3. The SMILES string of the molecule is CC(C)(C)C1C(=O)N=C2c3ncc(N4CCOCC4)cc3N(Cc3ccc(Cl)cc3)C(=O)N21. The van der Waals surface area contributed by atoms with Gasteiger partial charge in [0.15, 0.2) is 5.84 Å². The quantitative estimate of drug-likeness (QED) is 0.687. The van der Waals surface area contributed by atoms with E-state index in [1.54, 1.807) is 23.2 Å². The molecule has 4 heterocycles. The van der Waals surface area contributed by atoms with Crippen LogP contribution in [0.1, 0.15) is 32.0 Å². The third kappa shape index (κ3) is 3.87. The number of amidine groups is 1. The number of ether oxygens (including phenoxy) is 1. The lowest BCUT2D eigenvalue weighted by Gasteiger charge is -2.41. The van der Waals surface area contributed by atoms with Crippen molar-refractivity contribution >= 4 is 40.7 Å². The minimum absolute atomic E-state index is 0.275. The molecule has 1 aromatic carbocycles. The van der Waals surface area contributed by atoms with Gasteiger partial charge in [0.05, 0.1) is 37.3 Å². The van der Waals surface area contributed by atoms with E-state index in [4.69, 9.17) is 21.3 Å². The molecule has 172 valence electrons. The van der Waals surface area contributed by atoms with Crippen molar-refractivity contribution in [3.8, 4) is 0 Å². The maximum absolute atomic E-state index is 13.9. The molecular formula is C24H26ClN5O3. The summed E-state index contributed by atoms with van der Waals surface area (Å²) in [6.45, 7) is 8.94. The molecule has 0 radical (unpaired) electrons. The van der Waals surface area contributed by atoms with Crippen molar-refractivity contribution in [1.82, 2.24) is 9.88 Å². The van der Waals surface area contributed by atoms with Crippen LogP contribution >= 0.6 is 11.6 Å². The van der Waals surface area contributed by atoms with Gasteiger partial charge in [0.1, 0.15) is 11.7 Å². The molecule has 3 aliphatic heterocycles. The van der Waals surface area contributed by atoms with Crippen LogP contribution in [0.25, 0.3) is 0 Å². The average molecular weight is 468 g/mol. The number of benzene rings is 1. The maximum Gasteiger partial charge on any atom is 0.331 e. The number of nitrogens with zero attached hydrogens (tertiary/aromatic N) is 5. The molecule has 3 amide bonds. The van der Waals surface area contributed by atoms with Gasteiger partial charge in [-0.05, 0) is 29.2 Å². The molecule has 33 heavy (non-hydrogen) atoms. The van der Waals surface area contributed by atoms with Crippen LogP contribution in [0.3, 0.4) is 0 Å². The molecule has 0 spiro atoms. The molecule has 8 nitrogen and oxygen atoms in total. The number of morpholine rings is 1. The number of halogens is 1. The van der Waals surface area contributed by atoms with Crippen molar-refractivity contribution in [2.75, 3.05) is 36.1 Å². The third-order valence-electron chi connectivity index (χ3n) is 6.18. The summed E-state index contributed by atoms with van der Waals surface area (Å²) in [5.74, 6) is 0.0185. The van der Waals surface area contributed by atoms with Gasteiger partial charge in [0.25, 0.3) is 5.91 Å². The second kappa shape index (κ2) is 8.11. The van der Waals surface area contributed by atoms with Gasteiger partial charge in [-0.25, -0.2) is 9.78 Å². The number of carbonyl (C=O) groups is 2. The number of rotatable bonds is 3. The lowest BCUT2D eigenvalue weighted by molar-refractivity contribution is -0.122. The van der Waals surface area contributed by atoms with Crippen molar-refractivity contribution in [2.24, 2.45) is 10.4 Å². The standard InChI is InChI=1S/C24H26ClN5O3/c1-24(2,3)20-22(31)27-21-19-18(12-17(13-26-19)28-8-10-33-11-9-28)29(23(32)30(20)21)14-15-4-6-16(25)7-5-15/h4-7,12-13,20H,8-11,14H2,1-3H3. The van der Waals surface area contributed by atoms with Crippen LogP contribution in [-0.4, -0.2) is 60.0 Å². The monoisotopic (exact) mass is 467 g/mol. The predicted molar refractivity (Wildman–Crippen MR) is 127 cm³/mol. The Bertz CT molecular complexity index is 1140. The topological polar surface area (TPSA) is 78.3 Å².